The number of methoxy groups -OCH3 is 2. The van der Waals surface area contributed by atoms with Crippen LogP contribution in [0.3, 0.4) is 0 Å². The van der Waals surface area contributed by atoms with Gasteiger partial charge in [-0.1, -0.05) is 24.3 Å². The van der Waals surface area contributed by atoms with Gasteiger partial charge in [-0.25, -0.2) is 4.79 Å². The highest BCUT2D eigenvalue weighted by atomic mass is 16.5. The quantitative estimate of drug-likeness (QED) is 0.394. The minimum atomic E-state index is -0.845. The van der Waals surface area contributed by atoms with Crippen LogP contribution in [0.15, 0.2) is 36.1 Å². The SMILES string of the molecule is COC=C1C=CC=CC1C(=O)C(=O)OC. The first-order valence-corrected chi connectivity index (χ1v) is 4.40. The fourth-order valence-electron chi connectivity index (χ4n) is 1.27. The average molecular weight is 208 g/mol. The molecular weight excluding hydrogens is 196 g/mol. The van der Waals surface area contributed by atoms with Gasteiger partial charge < -0.3 is 9.47 Å². The van der Waals surface area contributed by atoms with E-state index in [-0.39, 0.29) is 0 Å². The predicted molar refractivity (Wildman–Crippen MR) is 53.9 cm³/mol. The Balaban J connectivity index is 2.88. The minimum absolute atomic E-state index is 0.596. The third-order valence-electron chi connectivity index (χ3n) is 1.99. The lowest BCUT2D eigenvalue weighted by molar-refractivity contribution is -0.152. The Kier molecular flexibility index (Phi) is 3.85. The molecule has 0 aromatic carbocycles. The van der Waals surface area contributed by atoms with Crippen molar-refractivity contribution in [3.8, 4) is 0 Å². The van der Waals surface area contributed by atoms with Gasteiger partial charge in [-0.05, 0) is 0 Å². The molecule has 0 saturated heterocycles. The van der Waals surface area contributed by atoms with Crippen molar-refractivity contribution < 1.29 is 19.1 Å². The van der Waals surface area contributed by atoms with E-state index >= 15 is 0 Å². The van der Waals surface area contributed by atoms with Gasteiger partial charge in [-0.15, -0.1) is 0 Å². The first-order valence-electron chi connectivity index (χ1n) is 4.40. The Labute approximate surface area is 87.9 Å². The molecule has 1 atom stereocenters. The zero-order valence-corrected chi connectivity index (χ0v) is 8.60. The molecular formula is C11H12O4. The summed E-state index contributed by atoms with van der Waals surface area (Å²) in [7, 11) is 2.67. The molecule has 0 aliphatic heterocycles. The van der Waals surface area contributed by atoms with Crippen LogP contribution in [-0.2, 0) is 19.1 Å². The number of esters is 1. The number of ketones is 1. The predicted octanol–water partition coefficient (Wildman–Crippen LogP) is 1.00. The molecule has 4 nitrogen and oxygen atoms in total. The highest BCUT2D eigenvalue weighted by Gasteiger charge is 2.27. The van der Waals surface area contributed by atoms with Crippen LogP contribution in [0.2, 0.25) is 0 Å². The van der Waals surface area contributed by atoms with Crippen molar-refractivity contribution in [2.75, 3.05) is 14.2 Å². The second-order valence-electron chi connectivity index (χ2n) is 2.93. The van der Waals surface area contributed by atoms with Crippen molar-refractivity contribution in [2.45, 2.75) is 0 Å². The number of allylic oxidation sites excluding steroid dienone is 5. The van der Waals surface area contributed by atoms with Crippen LogP contribution in [0.25, 0.3) is 0 Å². The molecule has 1 aliphatic rings. The van der Waals surface area contributed by atoms with Gasteiger partial charge in [-0.2, -0.15) is 0 Å². The second kappa shape index (κ2) is 5.14. The summed E-state index contributed by atoms with van der Waals surface area (Å²) in [6.07, 6.45) is 8.26. The Morgan fingerprint density at radius 1 is 1.33 bits per heavy atom. The molecule has 0 amide bonds. The molecule has 15 heavy (non-hydrogen) atoms. The number of carbonyl (C=O) groups is 2. The summed E-state index contributed by atoms with van der Waals surface area (Å²) in [5.74, 6) is -2.05. The van der Waals surface area contributed by atoms with Crippen LogP contribution in [0.4, 0.5) is 0 Å². The number of carbonyl (C=O) groups excluding carboxylic acids is 2. The van der Waals surface area contributed by atoms with Crippen molar-refractivity contribution in [2.24, 2.45) is 5.92 Å². The molecule has 80 valence electrons. The van der Waals surface area contributed by atoms with Gasteiger partial charge in [0.1, 0.15) is 0 Å². The van der Waals surface area contributed by atoms with Crippen LogP contribution in [-0.4, -0.2) is 26.0 Å². The largest absolute Gasteiger partial charge is 0.504 e. The highest BCUT2D eigenvalue weighted by Crippen LogP contribution is 2.20. The molecule has 0 fully saturated rings. The number of hydrogen-bond donors (Lipinski definition) is 0. The fourth-order valence-corrected chi connectivity index (χ4v) is 1.27. The second-order valence-corrected chi connectivity index (χ2v) is 2.93. The lowest BCUT2D eigenvalue weighted by Gasteiger charge is -2.13. The maximum atomic E-state index is 11.6. The van der Waals surface area contributed by atoms with Crippen molar-refractivity contribution >= 4 is 11.8 Å². The number of hydrogen-bond acceptors (Lipinski definition) is 4. The van der Waals surface area contributed by atoms with Gasteiger partial charge in [0.2, 0.25) is 0 Å². The zero-order chi connectivity index (χ0) is 11.3. The van der Waals surface area contributed by atoms with Crippen molar-refractivity contribution in [1.29, 1.82) is 0 Å². The third kappa shape index (κ3) is 2.56. The van der Waals surface area contributed by atoms with Gasteiger partial charge in [-0.3, -0.25) is 4.79 Å². The van der Waals surface area contributed by atoms with E-state index in [0.29, 0.717) is 5.57 Å². The smallest absolute Gasteiger partial charge is 0.375 e. The summed E-state index contributed by atoms with van der Waals surface area (Å²) in [6, 6.07) is 0. The van der Waals surface area contributed by atoms with E-state index in [1.54, 1.807) is 24.3 Å². The standard InChI is InChI=1S/C11H12O4/c1-14-7-8-5-3-4-6-9(8)10(12)11(13)15-2/h3-7,9H,1-2H3. The molecule has 0 heterocycles. The molecule has 0 aromatic rings. The van der Waals surface area contributed by atoms with Crippen molar-refractivity contribution in [3.63, 3.8) is 0 Å². The third-order valence-corrected chi connectivity index (χ3v) is 1.99. The number of Topliss-reactive ketones (excluding diaryl/α,β-unsaturated/α-hetero) is 1. The van der Waals surface area contributed by atoms with Crippen molar-refractivity contribution in [3.05, 3.63) is 36.1 Å². The normalized spacial score (nSPS) is 21.5. The maximum absolute atomic E-state index is 11.6. The van der Waals surface area contributed by atoms with E-state index in [1.807, 2.05) is 0 Å². The maximum Gasteiger partial charge on any atom is 0.375 e. The molecule has 0 spiro atoms. The monoisotopic (exact) mass is 208 g/mol. The lowest BCUT2D eigenvalue weighted by atomic mass is 9.91. The van der Waals surface area contributed by atoms with E-state index in [1.165, 1.54) is 20.5 Å². The number of ether oxygens (including phenoxy) is 2. The lowest BCUT2D eigenvalue weighted by Crippen LogP contribution is -2.25. The van der Waals surface area contributed by atoms with E-state index in [2.05, 4.69) is 4.74 Å². The molecule has 0 saturated carbocycles. The Bertz CT molecular complexity index is 350. The average Bonchev–Trinajstić information content (AvgIpc) is 2.28. The Morgan fingerprint density at radius 2 is 2.07 bits per heavy atom. The van der Waals surface area contributed by atoms with E-state index in [9.17, 15) is 9.59 Å². The Hall–Kier alpha value is -1.84. The first-order chi connectivity index (χ1) is 7.20. The molecule has 1 rings (SSSR count). The molecule has 0 radical (unpaired) electrons. The summed E-state index contributed by atoms with van der Waals surface area (Å²) in [5.41, 5.74) is 0.635. The fraction of sp³-hybridized carbons (Fsp3) is 0.273. The van der Waals surface area contributed by atoms with E-state index < -0.39 is 17.7 Å². The van der Waals surface area contributed by atoms with Crippen LogP contribution in [0, 0.1) is 5.92 Å². The summed E-state index contributed by atoms with van der Waals surface area (Å²) < 4.78 is 9.20. The van der Waals surface area contributed by atoms with Crippen LogP contribution in [0.1, 0.15) is 0 Å². The minimum Gasteiger partial charge on any atom is -0.504 e. The van der Waals surface area contributed by atoms with E-state index in [0.717, 1.165) is 0 Å². The highest BCUT2D eigenvalue weighted by molar-refractivity contribution is 6.35. The molecule has 1 unspecified atom stereocenters. The van der Waals surface area contributed by atoms with Gasteiger partial charge in [0.05, 0.1) is 26.4 Å². The summed E-state index contributed by atoms with van der Waals surface area (Å²) in [4.78, 5) is 22.6. The Morgan fingerprint density at radius 3 is 2.67 bits per heavy atom. The van der Waals surface area contributed by atoms with Crippen molar-refractivity contribution in [1.82, 2.24) is 0 Å². The van der Waals surface area contributed by atoms with Crippen LogP contribution >= 0.6 is 0 Å². The van der Waals surface area contributed by atoms with Crippen LogP contribution in [0.5, 0.6) is 0 Å². The van der Waals surface area contributed by atoms with Gasteiger partial charge in [0.15, 0.2) is 0 Å². The number of rotatable bonds is 3. The summed E-state index contributed by atoms with van der Waals surface area (Å²) >= 11 is 0. The molecule has 1 aliphatic carbocycles. The van der Waals surface area contributed by atoms with Gasteiger partial charge in [0, 0.05) is 5.57 Å². The van der Waals surface area contributed by atoms with E-state index in [4.69, 9.17) is 4.74 Å². The topological polar surface area (TPSA) is 52.6 Å². The summed E-state index contributed by atoms with van der Waals surface area (Å²) in [6.45, 7) is 0. The van der Waals surface area contributed by atoms with Crippen LogP contribution < -0.4 is 0 Å². The molecule has 0 aromatic heterocycles. The molecule has 0 bridgehead atoms. The van der Waals surface area contributed by atoms with Gasteiger partial charge in [0.25, 0.3) is 5.78 Å². The zero-order valence-electron chi connectivity index (χ0n) is 8.60. The molecule has 4 heteroatoms. The summed E-state index contributed by atoms with van der Waals surface area (Å²) in [5, 5.41) is 0. The molecule has 0 N–H and O–H groups in total. The van der Waals surface area contributed by atoms with Gasteiger partial charge >= 0.3 is 5.97 Å². The first kappa shape index (κ1) is 11.2.